The van der Waals surface area contributed by atoms with Gasteiger partial charge in [-0.25, -0.2) is 0 Å². The van der Waals surface area contributed by atoms with Gasteiger partial charge >= 0.3 is 0 Å². The molecule has 2 aliphatic rings. The lowest BCUT2D eigenvalue weighted by Gasteiger charge is -2.32. The van der Waals surface area contributed by atoms with Crippen molar-refractivity contribution in [2.24, 2.45) is 11.8 Å². The number of likely N-dealkylation sites (N-methyl/N-ethyl adjacent to an activating group) is 2. The molecular weight excluding hydrogens is 973 g/mol. The number of para-hydroxylation sites is 2. The van der Waals surface area contributed by atoms with Gasteiger partial charge in [0.05, 0.1) is 70.1 Å². The highest BCUT2D eigenvalue weighted by Crippen LogP contribution is 2.36. The van der Waals surface area contributed by atoms with Gasteiger partial charge in [0.15, 0.2) is 0 Å². The van der Waals surface area contributed by atoms with Crippen molar-refractivity contribution in [3.05, 3.63) is 120 Å². The van der Waals surface area contributed by atoms with E-state index in [1.165, 1.54) is 0 Å². The van der Waals surface area contributed by atoms with Crippen molar-refractivity contribution >= 4 is 57.2 Å². The van der Waals surface area contributed by atoms with Crippen molar-refractivity contribution < 1.29 is 28.8 Å². The van der Waals surface area contributed by atoms with Crippen LogP contribution in [0.25, 0.3) is 33.2 Å². The van der Waals surface area contributed by atoms with E-state index in [9.17, 15) is 28.8 Å². The number of amides is 6. The Hall–Kier alpha value is -7.44. The zero-order valence-electron chi connectivity index (χ0n) is 45.8. The number of unbranched alkanes of at least 4 members (excludes halogenated alkanes) is 2. The number of benzene rings is 2. The largest absolute Gasteiger partial charge is 0.352 e. The Kier molecular flexibility index (Phi) is 18.2. The van der Waals surface area contributed by atoms with Crippen LogP contribution in [0.2, 0.25) is 0 Å². The normalized spacial score (nSPS) is 17.2. The van der Waals surface area contributed by atoms with Gasteiger partial charge in [-0.15, -0.1) is 0 Å². The molecular formula is C59H76N12O6. The average molecular weight is 1050 g/mol. The number of pyridine rings is 2. The summed E-state index contributed by atoms with van der Waals surface area (Å²) in [5.74, 6) is -1.25. The Morgan fingerprint density at radius 1 is 0.558 bits per heavy atom. The number of carbonyl (C=O) groups excluding carboxylic acids is 6. The minimum atomic E-state index is -0.663. The van der Waals surface area contributed by atoms with E-state index in [4.69, 9.17) is 0 Å². The lowest BCUT2D eigenvalue weighted by molar-refractivity contribution is -0.139. The zero-order chi connectivity index (χ0) is 54.9. The van der Waals surface area contributed by atoms with Crippen LogP contribution < -0.4 is 31.9 Å². The maximum absolute atomic E-state index is 14.0. The summed E-state index contributed by atoms with van der Waals surface area (Å²) in [5.41, 5.74) is 6.10. The number of likely N-dealkylation sites (tertiary alicyclic amines) is 2. The van der Waals surface area contributed by atoms with Crippen molar-refractivity contribution in [3.63, 3.8) is 0 Å². The maximum atomic E-state index is 14.0. The minimum Gasteiger partial charge on any atom is -0.352 e. The molecule has 6 N–H and O–H groups in total. The van der Waals surface area contributed by atoms with Gasteiger partial charge in [0.2, 0.25) is 23.6 Å². The quantitative estimate of drug-likeness (QED) is 0.0405. The summed E-state index contributed by atoms with van der Waals surface area (Å²) in [7, 11) is 3.43. The van der Waals surface area contributed by atoms with Crippen LogP contribution in [0, 0.1) is 11.8 Å². The number of hydrogen-bond acceptors (Lipinski definition) is 10. The van der Waals surface area contributed by atoms with Crippen molar-refractivity contribution in [1.29, 1.82) is 0 Å². The predicted octanol–water partition coefficient (Wildman–Crippen LogP) is 6.52. The van der Waals surface area contributed by atoms with Crippen LogP contribution in [0.4, 0.5) is 0 Å². The molecule has 2 aromatic carbocycles. The zero-order valence-corrected chi connectivity index (χ0v) is 45.8. The molecule has 0 radical (unpaired) electrons. The van der Waals surface area contributed by atoms with Crippen LogP contribution in [0.5, 0.6) is 0 Å². The van der Waals surface area contributed by atoms with Crippen LogP contribution >= 0.6 is 0 Å². The summed E-state index contributed by atoms with van der Waals surface area (Å²) in [6.07, 6.45) is 16.2. The topological polar surface area (TPSA) is 217 Å². The van der Waals surface area contributed by atoms with Crippen molar-refractivity contribution in [3.8, 4) is 11.4 Å². The summed E-state index contributed by atoms with van der Waals surface area (Å²) in [6, 6.07) is 17.0. The van der Waals surface area contributed by atoms with Crippen LogP contribution in [0.1, 0.15) is 130 Å². The predicted molar refractivity (Wildman–Crippen MR) is 299 cm³/mol. The van der Waals surface area contributed by atoms with E-state index in [2.05, 4.69) is 41.9 Å². The Labute approximate surface area is 451 Å². The number of nitrogens with one attached hydrogen (secondary N) is 6. The second-order valence-corrected chi connectivity index (χ2v) is 21.2. The van der Waals surface area contributed by atoms with E-state index < -0.39 is 24.2 Å². The van der Waals surface area contributed by atoms with Gasteiger partial charge in [-0.05, 0) is 120 Å². The lowest BCUT2D eigenvalue weighted by atomic mass is 10.00. The molecule has 6 amide bonds. The number of fused-ring (bicyclic) bond motifs is 2. The van der Waals surface area contributed by atoms with Crippen LogP contribution in [0.3, 0.4) is 0 Å². The molecule has 0 bridgehead atoms. The second kappa shape index (κ2) is 25.1. The second-order valence-electron chi connectivity index (χ2n) is 21.2. The lowest BCUT2D eigenvalue weighted by Crippen LogP contribution is -2.54. The van der Waals surface area contributed by atoms with E-state index in [1.54, 1.807) is 52.7 Å². The molecule has 2 saturated heterocycles. The third-order valence-corrected chi connectivity index (χ3v) is 15.3. The molecule has 0 spiro atoms. The molecule has 6 heterocycles. The first kappa shape index (κ1) is 55.8. The number of hydrogen-bond donors (Lipinski definition) is 6. The van der Waals surface area contributed by atoms with Crippen molar-refractivity contribution in [1.82, 2.24) is 60.8 Å². The first-order valence-electron chi connectivity index (χ1n) is 27.3. The summed E-state index contributed by atoms with van der Waals surface area (Å²) in [4.78, 5) is 94.4. The fourth-order valence-electron chi connectivity index (χ4n) is 10.6. The average Bonchev–Trinajstić information content (AvgIpc) is 4.30. The first-order valence-corrected chi connectivity index (χ1v) is 27.3. The van der Waals surface area contributed by atoms with Gasteiger partial charge in [0.1, 0.15) is 12.1 Å². The van der Waals surface area contributed by atoms with E-state index in [1.807, 2.05) is 120 Å². The molecule has 6 atom stereocenters. The molecule has 6 unspecified atom stereocenters. The number of rotatable bonds is 22. The molecule has 2 aliphatic heterocycles. The Morgan fingerprint density at radius 2 is 0.961 bits per heavy atom. The summed E-state index contributed by atoms with van der Waals surface area (Å²) in [6.45, 7) is 13.4. The van der Waals surface area contributed by atoms with Crippen LogP contribution in [0.15, 0.2) is 97.8 Å². The molecule has 18 nitrogen and oxygen atoms in total. The number of aromatic nitrogens is 4. The molecule has 18 heteroatoms. The highest BCUT2D eigenvalue weighted by molar-refractivity contribution is 6.08. The maximum Gasteiger partial charge on any atom is 0.253 e. The standard InChI is InChI=1S/C59H76N12O6/c1-36(2)52(66-54(72)38(5)60-7)58(76)68-26-16-22-48(68)40-28-42(32-62-30-40)70-34-46(44-18-10-12-20-50(44)70)56(74)64-24-14-9-15-25-65-57(75)47-35-71(51-21-13-11-19-45(47)51)43-29-41(31-63-33-43)49-23-17-27-69(49)59(77)53(37(3)4)67-55(73)39(6)61-8/h10-13,18-21,28-39,48-49,52-53,60-61H,9,14-17,22-27H2,1-8H3,(H,64,74)(H,65,75)(H,66,72)(H,67,73). The molecule has 0 saturated carbocycles. The summed E-state index contributed by atoms with van der Waals surface area (Å²) >= 11 is 0. The Morgan fingerprint density at radius 3 is 1.35 bits per heavy atom. The van der Waals surface area contributed by atoms with E-state index in [0.29, 0.717) is 50.1 Å². The molecule has 8 rings (SSSR count). The number of carbonyl (C=O) groups is 6. The molecule has 6 aromatic rings. The molecule has 77 heavy (non-hydrogen) atoms. The fraction of sp³-hybridized carbons (Fsp3) is 0.458. The highest BCUT2D eigenvalue weighted by atomic mass is 16.2. The van der Waals surface area contributed by atoms with Gasteiger partial charge in [-0.1, -0.05) is 64.1 Å². The monoisotopic (exact) mass is 1050 g/mol. The SMILES string of the molecule is CNC(C)C(=O)NC(C(=O)N1CCCC1c1cncc(-n2cc(C(=O)NCCCCCNC(=O)c3cn(-c4cncc(C5CCCN5C(=O)C(NC(=O)C(C)NC)C(C)C)c4)c4ccccc34)c3ccccc32)c1)C(C)C. The summed E-state index contributed by atoms with van der Waals surface area (Å²) in [5, 5.41) is 19.7. The minimum absolute atomic E-state index is 0.106. The van der Waals surface area contributed by atoms with Gasteiger partial charge in [0, 0.05) is 61.7 Å². The van der Waals surface area contributed by atoms with E-state index in [-0.39, 0.29) is 59.4 Å². The number of nitrogens with zero attached hydrogens (tertiary/aromatic N) is 6. The Balaban J connectivity index is 0.863. The summed E-state index contributed by atoms with van der Waals surface area (Å²) < 4.78 is 3.95. The van der Waals surface area contributed by atoms with Gasteiger partial charge in [-0.3, -0.25) is 38.7 Å². The third kappa shape index (κ3) is 12.4. The van der Waals surface area contributed by atoms with Gasteiger partial charge in [0.25, 0.3) is 11.8 Å². The Bertz CT molecular complexity index is 2890. The van der Waals surface area contributed by atoms with E-state index >= 15 is 0 Å². The smallest absolute Gasteiger partial charge is 0.253 e. The molecule has 2 fully saturated rings. The van der Waals surface area contributed by atoms with Gasteiger partial charge in [-0.2, -0.15) is 0 Å². The fourth-order valence-corrected chi connectivity index (χ4v) is 10.6. The molecule has 0 aliphatic carbocycles. The van der Waals surface area contributed by atoms with Gasteiger partial charge < -0.3 is 50.8 Å². The highest BCUT2D eigenvalue weighted by Gasteiger charge is 2.38. The molecule has 408 valence electrons. The first-order chi connectivity index (χ1) is 37.1. The van der Waals surface area contributed by atoms with E-state index in [0.717, 1.165) is 76.4 Å². The molecule has 4 aromatic heterocycles. The van der Waals surface area contributed by atoms with Crippen molar-refractivity contribution in [2.45, 2.75) is 123 Å². The van der Waals surface area contributed by atoms with Crippen molar-refractivity contribution in [2.75, 3.05) is 40.3 Å². The van der Waals surface area contributed by atoms with Crippen LogP contribution in [-0.2, 0) is 19.2 Å². The van der Waals surface area contributed by atoms with Crippen LogP contribution in [-0.4, -0.2) is 129 Å². The third-order valence-electron chi connectivity index (χ3n) is 15.3.